The smallest absolute Gasteiger partial charge is 0.323 e. The molecule has 2 heterocycles. The van der Waals surface area contributed by atoms with Crippen LogP contribution in [0, 0.1) is 0 Å². The van der Waals surface area contributed by atoms with Crippen molar-refractivity contribution in [3.05, 3.63) is 35.5 Å². The van der Waals surface area contributed by atoms with Gasteiger partial charge >= 0.3 is 5.97 Å². The van der Waals surface area contributed by atoms with Gasteiger partial charge in [-0.3, -0.25) is 14.9 Å². The lowest BCUT2D eigenvalue weighted by Crippen LogP contribution is -2.56. The van der Waals surface area contributed by atoms with Crippen LogP contribution in [0.5, 0.6) is 0 Å². The quantitative estimate of drug-likeness (QED) is 0.806. The van der Waals surface area contributed by atoms with Gasteiger partial charge in [-0.15, -0.1) is 0 Å². The lowest BCUT2D eigenvalue weighted by Gasteiger charge is -2.39. The third-order valence-electron chi connectivity index (χ3n) is 5.37. The molecule has 0 bridgehead atoms. The first-order valence-electron chi connectivity index (χ1n) is 9.16. The van der Waals surface area contributed by atoms with E-state index >= 15 is 0 Å². The predicted molar refractivity (Wildman–Crippen MR) is 101 cm³/mol. The highest BCUT2D eigenvalue weighted by Crippen LogP contribution is 2.37. The van der Waals surface area contributed by atoms with E-state index in [-0.39, 0.29) is 18.3 Å². The Kier molecular flexibility index (Phi) is 5.05. The van der Waals surface area contributed by atoms with Gasteiger partial charge in [0.15, 0.2) is 0 Å². The van der Waals surface area contributed by atoms with Crippen molar-refractivity contribution in [3.8, 4) is 0 Å². The number of hydrogen-bond donors (Lipinski definition) is 2. The topological polar surface area (TPSA) is 74.4 Å². The third-order valence-corrected chi connectivity index (χ3v) is 5.37. The number of ether oxygens (including phenoxy) is 1. The molecule has 6 nitrogen and oxygen atoms in total. The number of carbonyl (C=O) groups excluding carboxylic acids is 2. The van der Waals surface area contributed by atoms with E-state index in [2.05, 4.69) is 16.4 Å². The molecule has 3 rings (SSSR count). The molecule has 140 valence electrons. The number of nitrogens with one attached hydrogen (secondary N) is 2. The summed E-state index contributed by atoms with van der Waals surface area (Å²) < 4.78 is 4.97. The van der Waals surface area contributed by atoms with Gasteiger partial charge in [-0.05, 0) is 32.4 Å². The SMILES string of the molecule is CCN(CC)C(=O)CC1(C)NC(C(=O)OC)Cc2c1[nH]c1ccccc21. The summed E-state index contributed by atoms with van der Waals surface area (Å²) in [5.41, 5.74) is 2.43. The molecule has 0 saturated carbocycles. The molecule has 6 heteroatoms. The van der Waals surface area contributed by atoms with E-state index < -0.39 is 11.6 Å². The number of aromatic nitrogens is 1. The monoisotopic (exact) mass is 357 g/mol. The van der Waals surface area contributed by atoms with Gasteiger partial charge in [-0.1, -0.05) is 18.2 Å². The van der Waals surface area contributed by atoms with Crippen LogP contribution in [0.2, 0.25) is 0 Å². The van der Waals surface area contributed by atoms with Crippen LogP contribution in [0.15, 0.2) is 24.3 Å². The van der Waals surface area contributed by atoms with Gasteiger partial charge in [0, 0.05) is 36.1 Å². The van der Waals surface area contributed by atoms with Gasteiger partial charge < -0.3 is 14.6 Å². The molecule has 1 aromatic carbocycles. The average molecular weight is 357 g/mol. The van der Waals surface area contributed by atoms with Crippen LogP contribution in [0.3, 0.4) is 0 Å². The molecule has 1 aromatic heterocycles. The van der Waals surface area contributed by atoms with Gasteiger partial charge in [0.25, 0.3) is 0 Å². The van der Waals surface area contributed by atoms with E-state index in [0.29, 0.717) is 19.5 Å². The molecule has 2 atom stereocenters. The molecule has 0 saturated heterocycles. The Labute approximate surface area is 153 Å². The van der Waals surface area contributed by atoms with Gasteiger partial charge in [0.05, 0.1) is 19.1 Å². The van der Waals surface area contributed by atoms with Crippen LogP contribution >= 0.6 is 0 Å². The number of hydrogen-bond acceptors (Lipinski definition) is 4. The Morgan fingerprint density at radius 1 is 1.27 bits per heavy atom. The van der Waals surface area contributed by atoms with Crippen LogP contribution < -0.4 is 5.32 Å². The first-order chi connectivity index (χ1) is 12.4. The molecule has 1 aliphatic rings. The second-order valence-corrected chi connectivity index (χ2v) is 7.02. The lowest BCUT2D eigenvalue weighted by molar-refractivity contribution is -0.145. The fraction of sp³-hybridized carbons (Fsp3) is 0.500. The maximum Gasteiger partial charge on any atom is 0.323 e. The van der Waals surface area contributed by atoms with E-state index in [1.54, 1.807) is 0 Å². The predicted octanol–water partition coefficient (Wildman–Crippen LogP) is 2.33. The summed E-state index contributed by atoms with van der Waals surface area (Å²) in [6, 6.07) is 7.57. The summed E-state index contributed by atoms with van der Waals surface area (Å²) in [6.07, 6.45) is 0.822. The molecule has 1 aliphatic heterocycles. The van der Waals surface area contributed by atoms with Gasteiger partial charge in [0.2, 0.25) is 5.91 Å². The molecule has 2 N–H and O–H groups in total. The van der Waals surface area contributed by atoms with Gasteiger partial charge in [-0.2, -0.15) is 0 Å². The molecule has 2 aromatic rings. The second-order valence-electron chi connectivity index (χ2n) is 7.02. The summed E-state index contributed by atoms with van der Waals surface area (Å²) >= 11 is 0. The molecular formula is C20H27N3O3. The number of esters is 1. The number of para-hydroxylation sites is 1. The van der Waals surface area contributed by atoms with Crippen molar-refractivity contribution >= 4 is 22.8 Å². The molecule has 0 spiro atoms. The minimum Gasteiger partial charge on any atom is -0.468 e. The minimum atomic E-state index is -0.662. The highest BCUT2D eigenvalue weighted by molar-refractivity contribution is 5.88. The van der Waals surface area contributed by atoms with Crippen molar-refractivity contribution in [1.29, 1.82) is 0 Å². The number of amides is 1. The maximum absolute atomic E-state index is 12.8. The van der Waals surface area contributed by atoms with Crippen molar-refractivity contribution in [2.75, 3.05) is 20.2 Å². The molecule has 0 aliphatic carbocycles. The molecule has 0 fully saturated rings. The van der Waals surface area contributed by atoms with Crippen molar-refractivity contribution in [1.82, 2.24) is 15.2 Å². The number of methoxy groups -OCH3 is 1. The van der Waals surface area contributed by atoms with Crippen molar-refractivity contribution in [3.63, 3.8) is 0 Å². The van der Waals surface area contributed by atoms with Crippen molar-refractivity contribution in [2.45, 2.75) is 45.2 Å². The number of aromatic amines is 1. The molecule has 1 amide bonds. The summed E-state index contributed by atoms with van der Waals surface area (Å²) in [5.74, 6) is -0.234. The summed E-state index contributed by atoms with van der Waals surface area (Å²) in [5, 5.41) is 4.48. The van der Waals surface area contributed by atoms with E-state index in [1.807, 2.05) is 43.9 Å². The fourth-order valence-electron chi connectivity index (χ4n) is 4.01. The number of nitrogens with zero attached hydrogens (tertiary/aromatic N) is 1. The minimum absolute atomic E-state index is 0.0696. The van der Waals surface area contributed by atoms with Crippen LogP contribution in [0.4, 0.5) is 0 Å². The molecular weight excluding hydrogens is 330 g/mol. The number of rotatable bonds is 5. The zero-order valence-corrected chi connectivity index (χ0v) is 15.9. The Morgan fingerprint density at radius 2 is 1.96 bits per heavy atom. The zero-order valence-electron chi connectivity index (χ0n) is 15.9. The standard InChI is InChI=1S/C20H27N3O3/c1-5-23(6-2)17(24)12-20(3)18-14(11-16(22-20)19(25)26-4)13-9-7-8-10-15(13)21-18/h7-10,16,21-22H,5-6,11-12H2,1-4H3. The van der Waals surface area contributed by atoms with E-state index in [9.17, 15) is 9.59 Å². The largest absolute Gasteiger partial charge is 0.468 e. The number of fused-ring (bicyclic) bond motifs is 3. The van der Waals surface area contributed by atoms with Crippen LogP contribution in [0.25, 0.3) is 10.9 Å². The van der Waals surface area contributed by atoms with Crippen LogP contribution in [0.1, 0.15) is 38.4 Å². The Morgan fingerprint density at radius 3 is 2.62 bits per heavy atom. The van der Waals surface area contributed by atoms with Crippen LogP contribution in [-0.4, -0.2) is 48.0 Å². The third kappa shape index (κ3) is 3.09. The van der Waals surface area contributed by atoms with Gasteiger partial charge in [-0.25, -0.2) is 0 Å². The van der Waals surface area contributed by atoms with E-state index in [0.717, 1.165) is 22.2 Å². The highest BCUT2D eigenvalue weighted by atomic mass is 16.5. The first kappa shape index (κ1) is 18.5. The normalized spacial score (nSPS) is 22.1. The summed E-state index contributed by atoms with van der Waals surface area (Å²) in [6.45, 7) is 7.28. The maximum atomic E-state index is 12.8. The Bertz CT molecular complexity index is 825. The summed E-state index contributed by atoms with van der Waals surface area (Å²) in [4.78, 5) is 30.4. The zero-order chi connectivity index (χ0) is 18.9. The van der Waals surface area contributed by atoms with E-state index in [4.69, 9.17) is 4.74 Å². The first-order valence-corrected chi connectivity index (χ1v) is 9.16. The summed E-state index contributed by atoms with van der Waals surface area (Å²) in [7, 11) is 1.40. The number of carbonyl (C=O) groups is 2. The Hall–Kier alpha value is -2.34. The number of benzene rings is 1. The molecule has 26 heavy (non-hydrogen) atoms. The Balaban J connectivity index is 2.06. The van der Waals surface area contributed by atoms with Crippen LogP contribution in [-0.2, 0) is 26.3 Å². The molecule has 0 radical (unpaired) electrons. The van der Waals surface area contributed by atoms with Gasteiger partial charge in [0.1, 0.15) is 6.04 Å². The number of H-pyrrole nitrogens is 1. The average Bonchev–Trinajstić information content (AvgIpc) is 3.01. The fourth-order valence-corrected chi connectivity index (χ4v) is 4.01. The lowest BCUT2D eigenvalue weighted by atomic mass is 9.82. The van der Waals surface area contributed by atoms with Crippen molar-refractivity contribution in [2.24, 2.45) is 0 Å². The highest BCUT2D eigenvalue weighted by Gasteiger charge is 2.43. The van der Waals surface area contributed by atoms with Crippen molar-refractivity contribution < 1.29 is 14.3 Å². The van der Waals surface area contributed by atoms with E-state index in [1.165, 1.54) is 7.11 Å². The second kappa shape index (κ2) is 7.11. The molecule has 2 unspecified atom stereocenters.